The molecule has 0 aliphatic heterocycles. The molecule has 17 heavy (non-hydrogen) atoms. The first kappa shape index (κ1) is 12.6. The van der Waals surface area contributed by atoms with Gasteiger partial charge in [-0.05, 0) is 36.3 Å². The van der Waals surface area contributed by atoms with Crippen LogP contribution in [0.1, 0.15) is 75.0 Å². The fourth-order valence-corrected chi connectivity index (χ4v) is 2.93. The molecule has 1 heteroatoms. The summed E-state index contributed by atoms with van der Waals surface area (Å²) in [4.78, 5) is 0. The number of nitrogens with two attached hydrogens (primary N) is 1. The van der Waals surface area contributed by atoms with Crippen LogP contribution in [-0.4, -0.2) is 0 Å². The van der Waals surface area contributed by atoms with Gasteiger partial charge >= 0.3 is 0 Å². The molecular weight excluding hydrogens is 206 g/mol. The molecule has 0 radical (unpaired) electrons. The highest BCUT2D eigenvalue weighted by atomic mass is 14.6. The van der Waals surface area contributed by atoms with E-state index in [4.69, 9.17) is 5.73 Å². The van der Waals surface area contributed by atoms with Gasteiger partial charge < -0.3 is 5.73 Å². The molecular formula is C16H25N. The molecule has 1 nitrogen and oxygen atoms in total. The van der Waals surface area contributed by atoms with Crippen molar-refractivity contribution in [2.45, 2.75) is 63.8 Å². The molecule has 0 heterocycles. The highest BCUT2D eigenvalue weighted by Gasteiger charge is 2.15. The summed E-state index contributed by atoms with van der Waals surface area (Å²) < 4.78 is 0. The van der Waals surface area contributed by atoms with Crippen molar-refractivity contribution < 1.29 is 0 Å². The van der Waals surface area contributed by atoms with E-state index in [-0.39, 0.29) is 6.04 Å². The number of benzene rings is 1. The van der Waals surface area contributed by atoms with Gasteiger partial charge in [0.1, 0.15) is 0 Å². The third kappa shape index (κ3) is 3.32. The van der Waals surface area contributed by atoms with Crippen LogP contribution in [0.4, 0.5) is 0 Å². The van der Waals surface area contributed by atoms with Gasteiger partial charge in [0.2, 0.25) is 0 Å². The van der Waals surface area contributed by atoms with E-state index in [0.717, 1.165) is 18.8 Å². The van der Waals surface area contributed by atoms with Gasteiger partial charge in [0, 0.05) is 6.04 Å². The van der Waals surface area contributed by atoms with Crippen LogP contribution in [-0.2, 0) is 0 Å². The van der Waals surface area contributed by atoms with E-state index in [1.165, 1.54) is 43.2 Å². The zero-order chi connectivity index (χ0) is 12.1. The van der Waals surface area contributed by atoms with Gasteiger partial charge in [-0.15, -0.1) is 0 Å². The number of rotatable bonds is 4. The Bertz CT molecular complexity index is 322. The molecule has 1 aliphatic carbocycles. The van der Waals surface area contributed by atoms with Crippen LogP contribution >= 0.6 is 0 Å². The van der Waals surface area contributed by atoms with Crippen LogP contribution in [0.2, 0.25) is 0 Å². The summed E-state index contributed by atoms with van der Waals surface area (Å²) in [5.41, 5.74) is 8.96. The fourth-order valence-electron chi connectivity index (χ4n) is 2.93. The summed E-state index contributed by atoms with van der Waals surface area (Å²) in [6, 6.07) is 9.32. The van der Waals surface area contributed by atoms with Gasteiger partial charge in [-0.1, -0.05) is 56.9 Å². The zero-order valence-corrected chi connectivity index (χ0v) is 11.0. The Labute approximate surface area is 105 Å². The molecule has 1 aromatic carbocycles. The van der Waals surface area contributed by atoms with E-state index < -0.39 is 0 Å². The average molecular weight is 231 g/mol. The van der Waals surface area contributed by atoms with Crippen LogP contribution in [0.25, 0.3) is 0 Å². The summed E-state index contributed by atoms with van der Waals surface area (Å²) in [7, 11) is 0. The molecule has 0 spiro atoms. The molecule has 1 aliphatic rings. The Morgan fingerprint density at radius 3 is 2.35 bits per heavy atom. The molecule has 0 aromatic heterocycles. The van der Waals surface area contributed by atoms with Gasteiger partial charge in [0.05, 0.1) is 0 Å². The van der Waals surface area contributed by atoms with E-state index in [2.05, 4.69) is 31.2 Å². The number of hydrogen-bond acceptors (Lipinski definition) is 1. The lowest BCUT2D eigenvalue weighted by Gasteiger charge is -2.22. The summed E-state index contributed by atoms with van der Waals surface area (Å²) >= 11 is 0. The topological polar surface area (TPSA) is 26.0 Å². The highest BCUT2D eigenvalue weighted by molar-refractivity contribution is 5.27. The standard InChI is InChI=1S/C16H25N/c1-2-6-16(17)15-11-9-14(10-12-15)13-7-4-3-5-8-13/h9-13,16H,2-8,17H2,1H3/t16-/m0/s1. The highest BCUT2D eigenvalue weighted by Crippen LogP contribution is 2.33. The van der Waals surface area contributed by atoms with Crippen LogP contribution in [0.5, 0.6) is 0 Å². The zero-order valence-electron chi connectivity index (χ0n) is 11.0. The summed E-state index contributed by atoms with van der Waals surface area (Å²) in [6.07, 6.45) is 9.23. The van der Waals surface area contributed by atoms with Crippen molar-refractivity contribution in [3.63, 3.8) is 0 Å². The van der Waals surface area contributed by atoms with E-state index in [1.807, 2.05) is 0 Å². The summed E-state index contributed by atoms with van der Waals surface area (Å²) in [5.74, 6) is 0.806. The smallest absolute Gasteiger partial charge is 0.0294 e. The second kappa shape index (κ2) is 6.20. The van der Waals surface area contributed by atoms with Crippen molar-refractivity contribution in [2.24, 2.45) is 5.73 Å². The van der Waals surface area contributed by atoms with Crippen LogP contribution in [0.15, 0.2) is 24.3 Å². The lowest BCUT2D eigenvalue weighted by molar-refractivity contribution is 0.443. The van der Waals surface area contributed by atoms with Crippen LogP contribution in [0.3, 0.4) is 0 Å². The molecule has 2 N–H and O–H groups in total. The summed E-state index contributed by atoms with van der Waals surface area (Å²) in [6.45, 7) is 2.19. The van der Waals surface area contributed by atoms with Crippen LogP contribution in [0, 0.1) is 0 Å². The third-order valence-corrected chi connectivity index (χ3v) is 4.04. The molecule has 0 unspecified atom stereocenters. The second-order valence-corrected chi connectivity index (χ2v) is 5.40. The van der Waals surface area contributed by atoms with Gasteiger partial charge in [-0.3, -0.25) is 0 Å². The quantitative estimate of drug-likeness (QED) is 0.809. The Morgan fingerprint density at radius 1 is 1.12 bits per heavy atom. The summed E-state index contributed by atoms with van der Waals surface area (Å²) in [5, 5.41) is 0. The van der Waals surface area contributed by atoms with Gasteiger partial charge in [-0.25, -0.2) is 0 Å². The van der Waals surface area contributed by atoms with E-state index >= 15 is 0 Å². The predicted octanol–water partition coefficient (Wildman–Crippen LogP) is 4.53. The Morgan fingerprint density at radius 2 is 1.76 bits per heavy atom. The van der Waals surface area contributed by atoms with Crippen LogP contribution < -0.4 is 5.73 Å². The maximum Gasteiger partial charge on any atom is 0.0294 e. The second-order valence-electron chi connectivity index (χ2n) is 5.40. The van der Waals surface area contributed by atoms with E-state index in [1.54, 1.807) is 0 Å². The van der Waals surface area contributed by atoms with Gasteiger partial charge in [0.15, 0.2) is 0 Å². The first-order valence-electron chi connectivity index (χ1n) is 7.16. The number of hydrogen-bond donors (Lipinski definition) is 1. The van der Waals surface area contributed by atoms with Gasteiger partial charge in [0.25, 0.3) is 0 Å². The molecule has 1 atom stereocenters. The molecule has 2 rings (SSSR count). The molecule has 94 valence electrons. The molecule has 0 amide bonds. The van der Waals surface area contributed by atoms with Crippen molar-refractivity contribution in [3.05, 3.63) is 35.4 Å². The Balaban J connectivity index is 2.01. The Hall–Kier alpha value is -0.820. The molecule has 1 saturated carbocycles. The maximum atomic E-state index is 6.13. The van der Waals surface area contributed by atoms with Crippen molar-refractivity contribution >= 4 is 0 Å². The first-order chi connectivity index (χ1) is 8.31. The van der Waals surface area contributed by atoms with Crippen molar-refractivity contribution in [2.75, 3.05) is 0 Å². The lowest BCUT2D eigenvalue weighted by atomic mass is 9.83. The SMILES string of the molecule is CCC[C@H](N)c1ccc(C2CCCCC2)cc1. The molecule has 0 bridgehead atoms. The van der Waals surface area contributed by atoms with E-state index in [0.29, 0.717) is 0 Å². The minimum Gasteiger partial charge on any atom is -0.324 e. The third-order valence-electron chi connectivity index (χ3n) is 4.04. The largest absolute Gasteiger partial charge is 0.324 e. The normalized spacial score (nSPS) is 19.2. The molecule has 1 aromatic rings. The maximum absolute atomic E-state index is 6.13. The first-order valence-corrected chi connectivity index (χ1v) is 7.16. The minimum atomic E-state index is 0.223. The van der Waals surface area contributed by atoms with Gasteiger partial charge in [-0.2, -0.15) is 0 Å². The lowest BCUT2D eigenvalue weighted by Crippen LogP contribution is -2.10. The minimum absolute atomic E-state index is 0.223. The van der Waals surface area contributed by atoms with E-state index in [9.17, 15) is 0 Å². The molecule has 1 fully saturated rings. The average Bonchev–Trinajstić information content (AvgIpc) is 2.40. The monoisotopic (exact) mass is 231 g/mol. The molecule has 0 saturated heterocycles. The van der Waals surface area contributed by atoms with Crippen molar-refractivity contribution in [1.29, 1.82) is 0 Å². The Kier molecular flexibility index (Phi) is 4.61. The van der Waals surface area contributed by atoms with Crippen molar-refractivity contribution in [3.8, 4) is 0 Å². The van der Waals surface area contributed by atoms with Crippen molar-refractivity contribution in [1.82, 2.24) is 0 Å². The fraction of sp³-hybridized carbons (Fsp3) is 0.625. The predicted molar refractivity (Wildman–Crippen MR) is 74.1 cm³/mol.